The van der Waals surface area contributed by atoms with Gasteiger partial charge in [-0.15, -0.1) is 0 Å². The number of ether oxygens (including phenoxy) is 1. The molecule has 1 rings (SSSR count). The molecule has 0 aliphatic carbocycles. The Morgan fingerprint density at radius 3 is 2.50 bits per heavy atom. The molecule has 3 N–H and O–H groups in total. The molecule has 0 bridgehead atoms. The van der Waals surface area contributed by atoms with E-state index < -0.39 is 30.4 Å². The molecule has 0 aromatic carbocycles. The van der Waals surface area contributed by atoms with Gasteiger partial charge in [0.25, 0.3) is 0 Å². The van der Waals surface area contributed by atoms with Gasteiger partial charge >= 0.3 is 5.97 Å². The lowest BCUT2D eigenvalue weighted by Crippen LogP contribution is -2.35. The molecule has 1 saturated heterocycles. The van der Waals surface area contributed by atoms with Crippen LogP contribution < -0.4 is 0 Å². The summed E-state index contributed by atoms with van der Waals surface area (Å²) in [6.07, 6.45) is -3.99. The van der Waals surface area contributed by atoms with E-state index >= 15 is 0 Å². The van der Waals surface area contributed by atoms with Gasteiger partial charge in [-0.3, -0.25) is 0 Å². The Bertz CT molecular complexity index is 179. The highest BCUT2D eigenvalue weighted by molar-refractivity contribution is 5.76. The first-order valence-corrected chi connectivity index (χ1v) is 3.77. The third-order valence-corrected chi connectivity index (χ3v) is 1.87. The van der Waals surface area contributed by atoms with Crippen LogP contribution >= 0.6 is 0 Å². The fourth-order valence-corrected chi connectivity index (χ4v) is 1.11. The standard InChI is InChI=1S/C7H12O5/c1-3(8)6(10)5-2-4(9)7(11)12-5/h3-6,8-10H,2H2,1H3/t3-,4-,5-,6-/m1/s1. The molecule has 0 amide bonds. The van der Waals surface area contributed by atoms with Gasteiger partial charge in [0.2, 0.25) is 0 Å². The van der Waals surface area contributed by atoms with Gasteiger partial charge in [-0.05, 0) is 6.92 Å². The Kier molecular flexibility index (Phi) is 2.66. The molecule has 1 aliphatic heterocycles. The maximum Gasteiger partial charge on any atom is 0.335 e. The molecule has 5 nitrogen and oxygen atoms in total. The minimum atomic E-state index is -1.16. The molecular weight excluding hydrogens is 164 g/mol. The number of carbonyl (C=O) groups is 1. The van der Waals surface area contributed by atoms with Gasteiger partial charge in [0.1, 0.15) is 12.2 Å². The van der Waals surface area contributed by atoms with Gasteiger partial charge in [-0.2, -0.15) is 0 Å². The number of rotatable bonds is 2. The zero-order chi connectivity index (χ0) is 9.30. The van der Waals surface area contributed by atoms with Crippen LogP contribution in [-0.4, -0.2) is 45.7 Å². The predicted octanol–water partition coefficient (Wildman–Crippen LogP) is -1.60. The molecule has 4 atom stereocenters. The number of hydrogen-bond acceptors (Lipinski definition) is 5. The van der Waals surface area contributed by atoms with E-state index in [0.717, 1.165) is 0 Å². The molecule has 0 radical (unpaired) electrons. The Hall–Kier alpha value is -0.650. The largest absolute Gasteiger partial charge is 0.457 e. The third-order valence-electron chi connectivity index (χ3n) is 1.87. The number of aliphatic hydroxyl groups excluding tert-OH is 3. The van der Waals surface area contributed by atoms with Crippen molar-refractivity contribution in [2.75, 3.05) is 0 Å². The van der Waals surface area contributed by atoms with Crippen LogP contribution in [0.3, 0.4) is 0 Å². The molecule has 5 heteroatoms. The molecule has 0 aromatic rings. The summed E-state index contributed by atoms with van der Waals surface area (Å²) in [5, 5.41) is 27.1. The normalized spacial score (nSPS) is 34.5. The highest BCUT2D eigenvalue weighted by Gasteiger charge is 2.38. The maximum atomic E-state index is 10.6. The van der Waals surface area contributed by atoms with Crippen LogP contribution in [0.1, 0.15) is 13.3 Å². The Balaban J connectivity index is 2.51. The first kappa shape index (κ1) is 9.44. The van der Waals surface area contributed by atoms with Crippen LogP contribution in [0.15, 0.2) is 0 Å². The van der Waals surface area contributed by atoms with Gasteiger partial charge in [-0.1, -0.05) is 0 Å². The molecule has 12 heavy (non-hydrogen) atoms. The summed E-state index contributed by atoms with van der Waals surface area (Å²) in [6.45, 7) is 1.39. The number of esters is 1. The van der Waals surface area contributed by atoms with E-state index in [4.69, 9.17) is 10.2 Å². The van der Waals surface area contributed by atoms with Crippen molar-refractivity contribution in [1.82, 2.24) is 0 Å². The third kappa shape index (κ3) is 1.74. The fourth-order valence-electron chi connectivity index (χ4n) is 1.11. The van der Waals surface area contributed by atoms with Crippen molar-refractivity contribution in [2.45, 2.75) is 37.8 Å². The van der Waals surface area contributed by atoms with Gasteiger partial charge in [0, 0.05) is 6.42 Å². The maximum absolute atomic E-state index is 10.6. The van der Waals surface area contributed by atoms with Crippen molar-refractivity contribution >= 4 is 5.97 Å². The van der Waals surface area contributed by atoms with Crippen LogP contribution in [0.5, 0.6) is 0 Å². The minimum absolute atomic E-state index is 0.0465. The van der Waals surface area contributed by atoms with Crippen molar-refractivity contribution in [1.29, 1.82) is 0 Å². The van der Waals surface area contributed by atoms with Crippen molar-refractivity contribution < 1.29 is 24.9 Å². The van der Waals surface area contributed by atoms with Crippen LogP contribution in [-0.2, 0) is 9.53 Å². The second-order valence-corrected chi connectivity index (χ2v) is 2.96. The summed E-state index contributed by atoms with van der Waals surface area (Å²) >= 11 is 0. The van der Waals surface area contributed by atoms with Gasteiger partial charge in [0.05, 0.1) is 6.10 Å². The predicted molar refractivity (Wildman–Crippen MR) is 38.2 cm³/mol. The highest BCUT2D eigenvalue weighted by atomic mass is 16.6. The van der Waals surface area contributed by atoms with Crippen LogP contribution in [0.4, 0.5) is 0 Å². The highest BCUT2D eigenvalue weighted by Crippen LogP contribution is 2.19. The van der Waals surface area contributed by atoms with E-state index in [0.29, 0.717) is 0 Å². The summed E-state index contributed by atoms with van der Waals surface area (Å²) < 4.78 is 4.60. The lowest BCUT2D eigenvalue weighted by Gasteiger charge is -2.18. The van der Waals surface area contributed by atoms with E-state index in [1.54, 1.807) is 0 Å². The lowest BCUT2D eigenvalue weighted by atomic mass is 10.1. The van der Waals surface area contributed by atoms with E-state index in [9.17, 15) is 9.90 Å². The molecule has 70 valence electrons. The van der Waals surface area contributed by atoms with E-state index in [1.165, 1.54) is 6.92 Å². The van der Waals surface area contributed by atoms with E-state index in [1.807, 2.05) is 0 Å². The van der Waals surface area contributed by atoms with Crippen LogP contribution in [0.2, 0.25) is 0 Å². The summed E-state index contributed by atoms with van der Waals surface area (Å²) in [5.74, 6) is -0.736. The number of cyclic esters (lactones) is 1. The Morgan fingerprint density at radius 1 is 1.58 bits per heavy atom. The van der Waals surface area contributed by atoms with Gasteiger partial charge in [-0.25, -0.2) is 4.79 Å². The molecule has 1 heterocycles. The molecule has 0 spiro atoms. The number of hydrogen-bond donors (Lipinski definition) is 3. The molecule has 0 unspecified atom stereocenters. The zero-order valence-corrected chi connectivity index (χ0v) is 6.67. The van der Waals surface area contributed by atoms with Crippen molar-refractivity contribution in [3.05, 3.63) is 0 Å². The Labute approximate surface area is 69.6 Å². The minimum Gasteiger partial charge on any atom is -0.457 e. The summed E-state index contributed by atoms with van der Waals surface area (Å²) in [5.41, 5.74) is 0. The first-order chi connectivity index (χ1) is 5.52. The quantitative estimate of drug-likeness (QED) is 0.441. The smallest absolute Gasteiger partial charge is 0.335 e. The van der Waals surface area contributed by atoms with E-state index in [-0.39, 0.29) is 6.42 Å². The second-order valence-electron chi connectivity index (χ2n) is 2.96. The molecule has 1 aliphatic rings. The SMILES string of the molecule is C[C@@H](O)[C@@H](O)[C@H]1C[C@@H](O)C(=O)O1. The van der Waals surface area contributed by atoms with Crippen molar-refractivity contribution in [3.63, 3.8) is 0 Å². The molecule has 1 fully saturated rings. The first-order valence-electron chi connectivity index (χ1n) is 3.77. The number of aliphatic hydroxyl groups is 3. The fraction of sp³-hybridized carbons (Fsp3) is 0.857. The number of carbonyl (C=O) groups excluding carboxylic acids is 1. The summed E-state index contributed by atoms with van der Waals surface area (Å²) in [4.78, 5) is 10.6. The average Bonchev–Trinajstić information content (AvgIpc) is 2.30. The molecule has 0 aromatic heterocycles. The van der Waals surface area contributed by atoms with Crippen molar-refractivity contribution in [3.8, 4) is 0 Å². The van der Waals surface area contributed by atoms with Gasteiger partial charge < -0.3 is 20.1 Å². The lowest BCUT2D eigenvalue weighted by molar-refractivity contribution is -0.152. The van der Waals surface area contributed by atoms with Gasteiger partial charge in [0.15, 0.2) is 6.10 Å². The van der Waals surface area contributed by atoms with Crippen molar-refractivity contribution in [2.24, 2.45) is 0 Å². The topological polar surface area (TPSA) is 87.0 Å². The zero-order valence-electron chi connectivity index (χ0n) is 6.67. The monoisotopic (exact) mass is 176 g/mol. The molecule has 0 saturated carbocycles. The summed E-state index contributed by atoms with van der Waals surface area (Å²) in [6, 6.07) is 0. The Morgan fingerprint density at radius 2 is 2.17 bits per heavy atom. The second kappa shape index (κ2) is 3.38. The molecular formula is C7H12O5. The average molecular weight is 176 g/mol. The summed E-state index contributed by atoms with van der Waals surface area (Å²) in [7, 11) is 0. The van der Waals surface area contributed by atoms with Crippen LogP contribution in [0, 0.1) is 0 Å². The van der Waals surface area contributed by atoms with E-state index in [2.05, 4.69) is 4.74 Å². The van der Waals surface area contributed by atoms with Crippen LogP contribution in [0.25, 0.3) is 0 Å².